The van der Waals surface area contributed by atoms with Crippen LogP contribution in [-0.2, 0) is 19.1 Å². The van der Waals surface area contributed by atoms with Crippen LogP contribution < -0.4 is 0 Å². The molecule has 0 heterocycles. The van der Waals surface area contributed by atoms with Gasteiger partial charge >= 0.3 is 0 Å². The van der Waals surface area contributed by atoms with Crippen molar-refractivity contribution in [1.82, 2.24) is 0 Å². The van der Waals surface area contributed by atoms with E-state index in [0.29, 0.717) is 0 Å². The molecular formula is C16H14N2O4S2. The first-order valence-corrected chi connectivity index (χ1v) is 8.90. The minimum atomic E-state index is -1.71. The number of allylic oxidation sites excluding steroid dienone is 1. The van der Waals surface area contributed by atoms with Crippen molar-refractivity contribution in [2.24, 2.45) is 9.98 Å². The highest BCUT2D eigenvalue weighted by molar-refractivity contribution is 8.78. The SMILES string of the molecule is COC1(OC)C=CC(SSc2ccccc2)=CC1(N=C=O)N=C=O. The molecule has 1 aliphatic rings. The van der Waals surface area contributed by atoms with Gasteiger partial charge in [0.05, 0.1) is 0 Å². The smallest absolute Gasteiger partial charge is 0.251 e. The van der Waals surface area contributed by atoms with Crippen LogP contribution >= 0.6 is 21.6 Å². The number of benzene rings is 1. The van der Waals surface area contributed by atoms with Gasteiger partial charge in [-0.15, -0.1) is 0 Å². The highest BCUT2D eigenvalue weighted by Gasteiger charge is 2.53. The average Bonchev–Trinajstić information content (AvgIpc) is 2.62. The highest BCUT2D eigenvalue weighted by atomic mass is 33.1. The van der Waals surface area contributed by atoms with E-state index in [0.717, 1.165) is 9.80 Å². The molecular weight excluding hydrogens is 348 g/mol. The van der Waals surface area contributed by atoms with E-state index in [1.54, 1.807) is 12.2 Å². The molecule has 24 heavy (non-hydrogen) atoms. The van der Waals surface area contributed by atoms with Gasteiger partial charge in [0.15, 0.2) is 0 Å². The largest absolute Gasteiger partial charge is 0.346 e. The van der Waals surface area contributed by atoms with E-state index in [1.807, 2.05) is 30.3 Å². The van der Waals surface area contributed by atoms with Gasteiger partial charge in [-0.2, -0.15) is 9.98 Å². The summed E-state index contributed by atoms with van der Waals surface area (Å²) in [6.07, 6.45) is 7.70. The van der Waals surface area contributed by atoms with Gasteiger partial charge in [-0.05, 0) is 30.4 Å². The molecule has 0 radical (unpaired) electrons. The number of isocyanates is 2. The van der Waals surface area contributed by atoms with Gasteiger partial charge in [0.25, 0.3) is 5.66 Å². The monoisotopic (exact) mass is 362 g/mol. The van der Waals surface area contributed by atoms with E-state index in [2.05, 4.69) is 9.98 Å². The normalized spacial score (nSPS) is 21.3. The fourth-order valence-electron chi connectivity index (χ4n) is 2.19. The Kier molecular flexibility index (Phi) is 6.34. The first-order valence-electron chi connectivity index (χ1n) is 6.75. The van der Waals surface area contributed by atoms with Gasteiger partial charge in [0.2, 0.25) is 17.9 Å². The maximum atomic E-state index is 10.9. The molecule has 1 aromatic carbocycles. The molecule has 6 nitrogen and oxygen atoms in total. The zero-order valence-electron chi connectivity index (χ0n) is 13.0. The summed E-state index contributed by atoms with van der Waals surface area (Å²) in [4.78, 5) is 30.9. The molecule has 1 aliphatic carbocycles. The minimum Gasteiger partial charge on any atom is -0.346 e. The van der Waals surface area contributed by atoms with Crippen molar-refractivity contribution in [2.75, 3.05) is 14.2 Å². The molecule has 0 N–H and O–H groups in total. The van der Waals surface area contributed by atoms with Crippen molar-refractivity contribution >= 4 is 33.7 Å². The van der Waals surface area contributed by atoms with E-state index in [1.165, 1.54) is 54.0 Å². The van der Waals surface area contributed by atoms with E-state index >= 15 is 0 Å². The van der Waals surface area contributed by atoms with Crippen LogP contribution in [0.5, 0.6) is 0 Å². The topological polar surface area (TPSA) is 77.3 Å². The fraction of sp³-hybridized carbons (Fsp3) is 0.250. The molecule has 0 aliphatic heterocycles. The number of rotatable bonds is 7. The summed E-state index contributed by atoms with van der Waals surface area (Å²) in [7, 11) is 5.68. The van der Waals surface area contributed by atoms with Crippen molar-refractivity contribution in [3.8, 4) is 0 Å². The molecule has 0 fully saturated rings. The predicted molar refractivity (Wildman–Crippen MR) is 92.8 cm³/mol. The van der Waals surface area contributed by atoms with E-state index in [-0.39, 0.29) is 0 Å². The van der Waals surface area contributed by atoms with Crippen LogP contribution in [0.15, 0.2) is 68.3 Å². The highest BCUT2D eigenvalue weighted by Crippen LogP contribution is 2.45. The maximum Gasteiger partial charge on any atom is 0.251 e. The molecule has 0 bridgehead atoms. The Bertz CT molecular complexity index is 714. The molecule has 0 spiro atoms. The summed E-state index contributed by atoms with van der Waals surface area (Å²) in [5.41, 5.74) is -1.71. The Morgan fingerprint density at radius 2 is 1.62 bits per heavy atom. The number of hydrogen-bond donors (Lipinski definition) is 0. The molecule has 1 aromatic rings. The lowest BCUT2D eigenvalue weighted by Crippen LogP contribution is -2.53. The van der Waals surface area contributed by atoms with E-state index < -0.39 is 11.4 Å². The molecule has 0 saturated heterocycles. The molecule has 0 unspecified atom stereocenters. The number of carbonyl (C=O) groups excluding carboxylic acids is 2. The Morgan fingerprint density at radius 3 is 2.17 bits per heavy atom. The molecule has 0 amide bonds. The number of aliphatic imine (C=N–C) groups is 2. The van der Waals surface area contributed by atoms with Crippen LogP contribution in [0, 0.1) is 0 Å². The lowest BCUT2D eigenvalue weighted by Gasteiger charge is -2.39. The van der Waals surface area contributed by atoms with Crippen LogP contribution in [0.4, 0.5) is 0 Å². The second-order valence-electron chi connectivity index (χ2n) is 4.57. The number of methoxy groups -OCH3 is 2. The van der Waals surface area contributed by atoms with Gasteiger partial charge in [-0.25, -0.2) is 9.59 Å². The van der Waals surface area contributed by atoms with E-state index in [9.17, 15) is 9.59 Å². The molecule has 124 valence electrons. The van der Waals surface area contributed by atoms with Crippen LogP contribution in [-0.4, -0.2) is 37.8 Å². The molecule has 0 saturated carbocycles. The zero-order valence-corrected chi connectivity index (χ0v) is 14.6. The van der Waals surface area contributed by atoms with E-state index in [4.69, 9.17) is 9.47 Å². The second kappa shape index (κ2) is 8.26. The van der Waals surface area contributed by atoms with Crippen molar-refractivity contribution in [3.63, 3.8) is 0 Å². The first-order chi connectivity index (χ1) is 11.6. The average molecular weight is 362 g/mol. The minimum absolute atomic E-state index is 0.728. The van der Waals surface area contributed by atoms with Crippen molar-refractivity contribution < 1.29 is 19.1 Å². The molecule has 2 rings (SSSR count). The second-order valence-corrected chi connectivity index (χ2v) is 6.84. The number of hydrogen-bond acceptors (Lipinski definition) is 8. The molecule has 0 atom stereocenters. The third-order valence-corrected chi connectivity index (χ3v) is 5.74. The van der Waals surface area contributed by atoms with Crippen LogP contribution in [0.2, 0.25) is 0 Å². The Balaban J connectivity index is 2.37. The third kappa shape index (κ3) is 3.60. The van der Waals surface area contributed by atoms with Gasteiger partial charge in [-0.1, -0.05) is 39.8 Å². The van der Waals surface area contributed by atoms with Crippen LogP contribution in [0.3, 0.4) is 0 Å². The first kappa shape index (κ1) is 18.4. The molecule has 8 heteroatoms. The number of ether oxygens (including phenoxy) is 2. The Morgan fingerprint density at radius 1 is 1.00 bits per heavy atom. The standard InChI is InChI=1S/C16H14N2O4S2/c1-21-16(22-2)9-8-14(10-15(16,17-11-19)18-12-20)24-23-13-6-4-3-5-7-13/h3-10H,1-2H3. The van der Waals surface area contributed by atoms with Crippen LogP contribution in [0.25, 0.3) is 0 Å². The summed E-state index contributed by atoms with van der Waals surface area (Å²) in [5.74, 6) is -1.52. The summed E-state index contributed by atoms with van der Waals surface area (Å²) < 4.78 is 10.7. The quantitative estimate of drug-likeness (QED) is 0.321. The van der Waals surface area contributed by atoms with Crippen molar-refractivity contribution in [1.29, 1.82) is 0 Å². The van der Waals surface area contributed by atoms with Gasteiger partial charge in [0.1, 0.15) is 0 Å². The van der Waals surface area contributed by atoms with Crippen LogP contribution in [0.1, 0.15) is 0 Å². The summed E-state index contributed by atoms with van der Waals surface area (Å²) in [6, 6.07) is 9.75. The third-order valence-electron chi connectivity index (χ3n) is 3.34. The van der Waals surface area contributed by atoms with Gasteiger partial charge in [-0.3, -0.25) is 0 Å². The maximum absolute atomic E-state index is 10.9. The molecule has 0 aromatic heterocycles. The van der Waals surface area contributed by atoms with Gasteiger partial charge in [0, 0.05) is 24.0 Å². The van der Waals surface area contributed by atoms with Crippen molar-refractivity contribution in [3.05, 3.63) is 53.5 Å². The summed E-state index contributed by atoms with van der Waals surface area (Å²) >= 11 is 0. The zero-order chi connectivity index (χ0) is 17.5. The van der Waals surface area contributed by atoms with Gasteiger partial charge < -0.3 is 9.47 Å². The predicted octanol–water partition coefficient (Wildman–Crippen LogP) is 3.24. The lowest BCUT2D eigenvalue weighted by molar-refractivity contribution is -0.200. The fourth-order valence-corrected chi connectivity index (χ4v) is 4.21. The Labute approximate surface area is 147 Å². The Hall–Kier alpha value is -1.92. The lowest BCUT2D eigenvalue weighted by atomic mass is 9.94. The van der Waals surface area contributed by atoms with Crippen molar-refractivity contribution in [2.45, 2.75) is 16.3 Å². The summed E-state index contributed by atoms with van der Waals surface area (Å²) in [5, 5.41) is 0. The number of nitrogens with zero attached hydrogens (tertiary/aromatic N) is 2. The summed E-state index contributed by atoms with van der Waals surface area (Å²) in [6.45, 7) is 0.